The molecule has 0 aliphatic heterocycles. The van der Waals surface area contributed by atoms with E-state index in [9.17, 15) is 14.9 Å². The fraction of sp³-hybridized carbons (Fsp3) is 0.235. The van der Waals surface area contributed by atoms with Gasteiger partial charge in [-0.25, -0.2) is 4.79 Å². The lowest BCUT2D eigenvalue weighted by molar-refractivity contribution is -0.385. The van der Waals surface area contributed by atoms with E-state index in [0.29, 0.717) is 0 Å². The maximum absolute atomic E-state index is 12.3. The molecule has 0 aliphatic rings. The molecular weight excluding hydrogens is 346 g/mol. The Morgan fingerprint density at radius 2 is 1.72 bits per heavy atom. The first-order valence-corrected chi connectivity index (χ1v) is 8.43. The van der Waals surface area contributed by atoms with E-state index in [1.165, 1.54) is 20.3 Å². The summed E-state index contributed by atoms with van der Waals surface area (Å²) < 4.78 is 15.3. The summed E-state index contributed by atoms with van der Waals surface area (Å²) in [6, 6.07) is 9.88. The number of nitrogens with zero attached hydrogens (tertiary/aromatic N) is 1. The number of ether oxygens (including phenoxy) is 3. The maximum atomic E-state index is 12.3. The van der Waals surface area contributed by atoms with E-state index in [1.54, 1.807) is 11.8 Å². The van der Waals surface area contributed by atoms with Gasteiger partial charge in [0, 0.05) is 11.0 Å². The predicted molar refractivity (Wildman–Crippen MR) is 93.5 cm³/mol. The molecule has 0 spiro atoms. The summed E-state index contributed by atoms with van der Waals surface area (Å²) in [4.78, 5) is 24.0. The average molecular weight is 363 g/mol. The largest absolute Gasteiger partial charge is 0.493 e. The molecule has 0 fully saturated rings. The van der Waals surface area contributed by atoms with Crippen LogP contribution in [0.3, 0.4) is 0 Å². The number of methoxy groups -OCH3 is 2. The lowest BCUT2D eigenvalue weighted by Crippen LogP contribution is -2.09. The average Bonchev–Trinajstić information content (AvgIpc) is 2.65. The molecule has 0 radical (unpaired) electrons. The normalized spacial score (nSPS) is 10.2. The van der Waals surface area contributed by atoms with Gasteiger partial charge in [0.1, 0.15) is 12.2 Å². The van der Waals surface area contributed by atoms with Crippen LogP contribution < -0.4 is 9.47 Å². The summed E-state index contributed by atoms with van der Waals surface area (Å²) in [6.45, 7) is 0.0129. The van der Waals surface area contributed by atoms with Crippen LogP contribution in [0.2, 0.25) is 0 Å². The van der Waals surface area contributed by atoms with Gasteiger partial charge in [0.05, 0.1) is 25.2 Å². The number of thioether (sulfide) groups is 1. The third-order valence-electron chi connectivity index (χ3n) is 3.45. The number of carbonyl (C=O) groups excluding carboxylic acids is 1. The van der Waals surface area contributed by atoms with Crippen molar-refractivity contribution in [3.63, 3.8) is 0 Å². The van der Waals surface area contributed by atoms with E-state index in [0.717, 1.165) is 16.5 Å². The molecule has 0 aliphatic carbocycles. The van der Waals surface area contributed by atoms with Gasteiger partial charge in [-0.15, -0.1) is 11.8 Å². The third-order valence-corrected chi connectivity index (χ3v) is 4.19. The van der Waals surface area contributed by atoms with E-state index < -0.39 is 16.6 Å². The number of hydrogen-bond acceptors (Lipinski definition) is 7. The minimum Gasteiger partial charge on any atom is -0.493 e. The number of hydrogen-bond donors (Lipinski definition) is 0. The van der Waals surface area contributed by atoms with Crippen LogP contribution >= 0.6 is 11.8 Å². The highest BCUT2D eigenvalue weighted by Crippen LogP contribution is 2.34. The Morgan fingerprint density at radius 3 is 2.24 bits per heavy atom. The van der Waals surface area contributed by atoms with Gasteiger partial charge in [0.15, 0.2) is 11.5 Å². The fourth-order valence-electron chi connectivity index (χ4n) is 2.13. The van der Waals surface area contributed by atoms with Crippen LogP contribution in [0.25, 0.3) is 0 Å². The van der Waals surface area contributed by atoms with Gasteiger partial charge in [-0.1, -0.05) is 12.1 Å². The Labute approximate surface area is 149 Å². The molecule has 0 saturated heterocycles. The molecule has 0 N–H and O–H groups in total. The Kier molecular flexibility index (Phi) is 6.24. The summed E-state index contributed by atoms with van der Waals surface area (Å²) in [5, 5.41) is 11.2. The Balaban J connectivity index is 2.23. The number of rotatable bonds is 7. The smallest absolute Gasteiger partial charge is 0.345 e. The van der Waals surface area contributed by atoms with Crippen molar-refractivity contribution in [1.82, 2.24) is 0 Å². The molecule has 0 heterocycles. The molecule has 2 aromatic rings. The zero-order valence-corrected chi connectivity index (χ0v) is 14.8. The zero-order chi connectivity index (χ0) is 18.4. The monoisotopic (exact) mass is 363 g/mol. The highest BCUT2D eigenvalue weighted by Gasteiger charge is 2.25. The first-order chi connectivity index (χ1) is 12.0. The van der Waals surface area contributed by atoms with Gasteiger partial charge in [-0.05, 0) is 24.0 Å². The Hall–Kier alpha value is -2.74. The number of carbonyl (C=O) groups is 1. The third kappa shape index (κ3) is 4.42. The van der Waals surface area contributed by atoms with Crippen LogP contribution in [0.15, 0.2) is 41.3 Å². The molecule has 2 rings (SSSR count). The van der Waals surface area contributed by atoms with Crippen molar-refractivity contribution in [3.05, 3.63) is 57.6 Å². The fourth-order valence-corrected chi connectivity index (χ4v) is 2.54. The molecular formula is C17H17NO6S. The van der Waals surface area contributed by atoms with Crippen molar-refractivity contribution >= 4 is 23.4 Å². The number of nitro groups is 1. The van der Waals surface area contributed by atoms with Crippen molar-refractivity contribution in [2.24, 2.45) is 0 Å². The first-order valence-electron chi connectivity index (χ1n) is 7.20. The van der Waals surface area contributed by atoms with Crippen molar-refractivity contribution in [2.45, 2.75) is 11.5 Å². The van der Waals surface area contributed by atoms with Crippen molar-refractivity contribution in [1.29, 1.82) is 0 Å². The lowest BCUT2D eigenvalue weighted by atomic mass is 10.1. The minimum atomic E-state index is -0.804. The van der Waals surface area contributed by atoms with Gasteiger partial charge in [0.2, 0.25) is 0 Å². The number of esters is 1. The summed E-state index contributed by atoms with van der Waals surface area (Å²) >= 11 is 1.60. The quantitative estimate of drug-likeness (QED) is 0.321. The van der Waals surface area contributed by atoms with Gasteiger partial charge in [0.25, 0.3) is 5.69 Å². The van der Waals surface area contributed by atoms with Crippen molar-refractivity contribution in [3.8, 4) is 11.5 Å². The standard InChI is InChI=1S/C17H17NO6S/c1-22-15-8-13(14(18(20)21)9-16(15)23-2)17(19)24-10-11-4-6-12(25-3)7-5-11/h4-9H,10H2,1-3H3. The Bertz CT molecular complexity index is 775. The topological polar surface area (TPSA) is 87.9 Å². The number of nitro benzene ring substituents is 1. The summed E-state index contributed by atoms with van der Waals surface area (Å²) in [5.74, 6) is -0.427. The molecule has 0 amide bonds. The molecule has 2 aromatic carbocycles. The molecule has 0 bridgehead atoms. The highest BCUT2D eigenvalue weighted by molar-refractivity contribution is 7.98. The van der Waals surface area contributed by atoms with E-state index in [2.05, 4.69) is 0 Å². The van der Waals surface area contributed by atoms with Gasteiger partial charge >= 0.3 is 5.97 Å². The summed E-state index contributed by atoms with van der Waals surface area (Å²) in [6.07, 6.45) is 1.96. The molecule has 0 unspecified atom stereocenters. The van der Waals surface area contributed by atoms with Crippen LogP contribution in [0.5, 0.6) is 11.5 Å². The molecule has 132 valence electrons. The Morgan fingerprint density at radius 1 is 1.12 bits per heavy atom. The van der Waals surface area contributed by atoms with Crippen LogP contribution in [0, 0.1) is 10.1 Å². The second-order valence-electron chi connectivity index (χ2n) is 4.91. The SMILES string of the molecule is COc1cc(C(=O)OCc2ccc(SC)cc2)c([N+](=O)[O-])cc1OC. The summed E-state index contributed by atoms with van der Waals surface area (Å²) in [5.41, 5.74) is 0.193. The van der Waals surface area contributed by atoms with Crippen LogP contribution in [-0.2, 0) is 11.3 Å². The highest BCUT2D eigenvalue weighted by atomic mass is 32.2. The zero-order valence-electron chi connectivity index (χ0n) is 14.0. The molecule has 7 nitrogen and oxygen atoms in total. The van der Waals surface area contributed by atoms with Crippen molar-refractivity contribution < 1.29 is 23.9 Å². The molecule has 0 saturated carbocycles. The van der Waals surface area contributed by atoms with Crippen molar-refractivity contribution in [2.75, 3.05) is 20.5 Å². The molecule has 25 heavy (non-hydrogen) atoms. The van der Waals surface area contributed by atoms with Crippen LogP contribution in [-0.4, -0.2) is 31.4 Å². The lowest BCUT2D eigenvalue weighted by Gasteiger charge is -2.10. The van der Waals surface area contributed by atoms with Gasteiger partial charge in [-0.2, -0.15) is 0 Å². The second-order valence-corrected chi connectivity index (χ2v) is 5.79. The predicted octanol–water partition coefficient (Wildman–Crippen LogP) is 3.69. The van der Waals surface area contributed by atoms with E-state index in [-0.39, 0.29) is 23.7 Å². The first kappa shape index (κ1) is 18.6. The maximum Gasteiger partial charge on any atom is 0.345 e. The molecule has 0 atom stereocenters. The molecule has 0 aromatic heterocycles. The second kappa shape index (κ2) is 8.39. The van der Waals surface area contributed by atoms with Gasteiger partial charge in [-0.3, -0.25) is 10.1 Å². The van der Waals surface area contributed by atoms with Crippen LogP contribution in [0.4, 0.5) is 5.69 Å². The van der Waals surface area contributed by atoms with Crippen LogP contribution in [0.1, 0.15) is 15.9 Å². The van der Waals surface area contributed by atoms with Gasteiger partial charge < -0.3 is 14.2 Å². The number of benzene rings is 2. The van der Waals surface area contributed by atoms with E-state index >= 15 is 0 Å². The summed E-state index contributed by atoms with van der Waals surface area (Å²) in [7, 11) is 2.74. The van der Waals surface area contributed by atoms with E-state index in [1.807, 2.05) is 30.5 Å². The minimum absolute atomic E-state index is 0.0129. The molecule has 8 heteroatoms. The van der Waals surface area contributed by atoms with E-state index in [4.69, 9.17) is 14.2 Å².